The molecule has 0 radical (unpaired) electrons. The Hall–Kier alpha value is -2.69. The lowest BCUT2D eigenvalue weighted by Gasteiger charge is -2.20. The molecule has 0 bridgehead atoms. The monoisotopic (exact) mass is 328 g/mol. The van der Waals surface area contributed by atoms with Crippen LogP contribution in [0, 0.1) is 0 Å². The van der Waals surface area contributed by atoms with E-state index >= 15 is 0 Å². The van der Waals surface area contributed by atoms with Crippen molar-refractivity contribution in [3.8, 4) is 17.2 Å². The van der Waals surface area contributed by atoms with E-state index in [-0.39, 0.29) is 5.97 Å². The fraction of sp³-hybridized carbons (Fsp3) is 0.316. The predicted octanol–water partition coefficient (Wildman–Crippen LogP) is 3.75. The largest absolute Gasteiger partial charge is 0.490 e. The van der Waals surface area contributed by atoms with E-state index in [1.54, 1.807) is 13.2 Å². The number of rotatable bonds is 6. The standard InChI is InChI=1S/C19H20O5/c1-4-22-15-11-10-14(17(23-5-2)18(15)21-3)16-12-8-6-7-9-13(12)19(20)24-16/h6-11,16H,4-5H2,1-3H3. The Morgan fingerprint density at radius 1 is 0.958 bits per heavy atom. The van der Waals surface area contributed by atoms with Gasteiger partial charge in [0, 0.05) is 11.1 Å². The molecule has 24 heavy (non-hydrogen) atoms. The van der Waals surface area contributed by atoms with Crippen LogP contribution in [0.1, 0.15) is 41.4 Å². The summed E-state index contributed by atoms with van der Waals surface area (Å²) in [6.07, 6.45) is -0.514. The zero-order valence-electron chi connectivity index (χ0n) is 14.0. The van der Waals surface area contributed by atoms with Crippen LogP contribution in [0.5, 0.6) is 17.2 Å². The fourth-order valence-corrected chi connectivity index (χ4v) is 2.90. The van der Waals surface area contributed by atoms with E-state index in [1.165, 1.54) is 0 Å². The molecule has 2 aromatic carbocycles. The Morgan fingerprint density at radius 2 is 1.71 bits per heavy atom. The van der Waals surface area contributed by atoms with Gasteiger partial charge in [0.2, 0.25) is 5.75 Å². The number of methoxy groups -OCH3 is 1. The smallest absolute Gasteiger partial charge is 0.339 e. The molecular weight excluding hydrogens is 308 g/mol. The number of esters is 1. The lowest BCUT2D eigenvalue weighted by atomic mass is 9.98. The summed E-state index contributed by atoms with van der Waals surface area (Å²) in [5, 5.41) is 0. The molecule has 3 rings (SSSR count). The topological polar surface area (TPSA) is 54.0 Å². The molecule has 1 aliphatic rings. The van der Waals surface area contributed by atoms with Gasteiger partial charge >= 0.3 is 5.97 Å². The van der Waals surface area contributed by atoms with Crippen LogP contribution in [0.15, 0.2) is 36.4 Å². The van der Waals surface area contributed by atoms with Gasteiger partial charge in [0.15, 0.2) is 17.6 Å². The first-order valence-corrected chi connectivity index (χ1v) is 7.97. The van der Waals surface area contributed by atoms with Crippen LogP contribution < -0.4 is 14.2 Å². The zero-order chi connectivity index (χ0) is 17.1. The third kappa shape index (κ3) is 2.66. The van der Waals surface area contributed by atoms with E-state index < -0.39 is 6.10 Å². The van der Waals surface area contributed by atoms with Crippen molar-refractivity contribution in [2.24, 2.45) is 0 Å². The fourth-order valence-electron chi connectivity index (χ4n) is 2.90. The van der Waals surface area contributed by atoms with E-state index in [2.05, 4.69) is 0 Å². The number of fused-ring (bicyclic) bond motifs is 1. The molecule has 1 heterocycles. The van der Waals surface area contributed by atoms with E-state index in [4.69, 9.17) is 18.9 Å². The van der Waals surface area contributed by atoms with Crippen molar-refractivity contribution in [3.05, 3.63) is 53.1 Å². The van der Waals surface area contributed by atoms with Crippen molar-refractivity contribution in [2.45, 2.75) is 20.0 Å². The highest BCUT2D eigenvalue weighted by molar-refractivity contribution is 5.94. The average Bonchev–Trinajstić information content (AvgIpc) is 2.93. The van der Waals surface area contributed by atoms with Crippen molar-refractivity contribution in [3.63, 3.8) is 0 Å². The summed E-state index contributed by atoms with van der Waals surface area (Å²) in [7, 11) is 1.57. The van der Waals surface area contributed by atoms with Gasteiger partial charge in [0.05, 0.1) is 25.9 Å². The summed E-state index contributed by atoms with van der Waals surface area (Å²) in [4.78, 5) is 12.1. The average molecular weight is 328 g/mol. The molecule has 2 aromatic rings. The summed E-state index contributed by atoms with van der Waals surface area (Å²) >= 11 is 0. The predicted molar refractivity (Wildman–Crippen MR) is 89.0 cm³/mol. The maximum absolute atomic E-state index is 12.1. The van der Waals surface area contributed by atoms with Gasteiger partial charge in [-0.25, -0.2) is 4.79 Å². The first kappa shape index (κ1) is 16.2. The van der Waals surface area contributed by atoms with E-state index in [1.807, 2.05) is 44.2 Å². The van der Waals surface area contributed by atoms with Gasteiger partial charge < -0.3 is 18.9 Å². The molecule has 0 amide bonds. The molecule has 5 nitrogen and oxygen atoms in total. The Balaban J connectivity index is 2.13. The third-order valence-corrected chi connectivity index (χ3v) is 3.87. The SMILES string of the molecule is CCOc1ccc(C2OC(=O)c3ccccc32)c(OCC)c1OC. The van der Waals surface area contributed by atoms with Crippen LogP contribution in [0.25, 0.3) is 0 Å². The number of carbonyl (C=O) groups is 1. The number of hydrogen-bond acceptors (Lipinski definition) is 5. The van der Waals surface area contributed by atoms with Gasteiger partial charge in [0.1, 0.15) is 0 Å². The number of ether oxygens (including phenoxy) is 4. The van der Waals surface area contributed by atoms with Crippen molar-refractivity contribution in [1.29, 1.82) is 0 Å². The maximum Gasteiger partial charge on any atom is 0.339 e. The van der Waals surface area contributed by atoms with Gasteiger partial charge in [0.25, 0.3) is 0 Å². The minimum Gasteiger partial charge on any atom is -0.490 e. The molecule has 0 N–H and O–H groups in total. The van der Waals surface area contributed by atoms with E-state index in [9.17, 15) is 4.79 Å². The molecule has 1 aliphatic heterocycles. The van der Waals surface area contributed by atoms with Crippen molar-refractivity contribution in [1.82, 2.24) is 0 Å². The van der Waals surface area contributed by atoms with Crippen LogP contribution in [-0.4, -0.2) is 26.3 Å². The zero-order valence-corrected chi connectivity index (χ0v) is 14.0. The molecular formula is C19H20O5. The van der Waals surface area contributed by atoms with Crippen LogP contribution in [0.2, 0.25) is 0 Å². The third-order valence-electron chi connectivity index (χ3n) is 3.87. The van der Waals surface area contributed by atoms with Gasteiger partial charge in [-0.3, -0.25) is 0 Å². The summed E-state index contributed by atoms with van der Waals surface area (Å²) in [6, 6.07) is 11.0. The van der Waals surface area contributed by atoms with Crippen molar-refractivity contribution >= 4 is 5.97 Å². The highest BCUT2D eigenvalue weighted by Crippen LogP contribution is 2.47. The summed E-state index contributed by atoms with van der Waals surface area (Å²) in [6.45, 7) is 4.78. The minimum absolute atomic E-state index is 0.328. The van der Waals surface area contributed by atoms with E-state index in [0.29, 0.717) is 36.0 Å². The van der Waals surface area contributed by atoms with Crippen molar-refractivity contribution < 1.29 is 23.7 Å². The Kier molecular flexibility index (Phi) is 4.60. The molecule has 0 spiro atoms. The number of benzene rings is 2. The van der Waals surface area contributed by atoms with Gasteiger partial charge in [-0.05, 0) is 32.0 Å². The Bertz CT molecular complexity index is 753. The second-order valence-electron chi connectivity index (χ2n) is 5.25. The first-order chi connectivity index (χ1) is 11.7. The highest BCUT2D eigenvalue weighted by Gasteiger charge is 2.35. The normalized spacial score (nSPS) is 15.6. The molecule has 0 saturated heterocycles. The molecule has 0 aromatic heterocycles. The first-order valence-electron chi connectivity index (χ1n) is 7.97. The van der Waals surface area contributed by atoms with E-state index in [0.717, 1.165) is 11.1 Å². The molecule has 126 valence electrons. The minimum atomic E-state index is -0.514. The number of cyclic esters (lactones) is 1. The molecule has 1 atom stereocenters. The number of carbonyl (C=O) groups excluding carboxylic acids is 1. The van der Waals surface area contributed by atoms with Gasteiger partial charge in [-0.2, -0.15) is 0 Å². The molecule has 0 fully saturated rings. The molecule has 5 heteroatoms. The Morgan fingerprint density at radius 3 is 2.42 bits per heavy atom. The Labute approximate surface area is 141 Å². The van der Waals surface area contributed by atoms with Crippen LogP contribution >= 0.6 is 0 Å². The maximum atomic E-state index is 12.1. The quantitative estimate of drug-likeness (QED) is 0.756. The van der Waals surface area contributed by atoms with Crippen LogP contribution in [0.4, 0.5) is 0 Å². The van der Waals surface area contributed by atoms with Gasteiger partial charge in [-0.15, -0.1) is 0 Å². The lowest BCUT2D eigenvalue weighted by molar-refractivity contribution is 0.0451. The van der Waals surface area contributed by atoms with Gasteiger partial charge in [-0.1, -0.05) is 18.2 Å². The summed E-state index contributed by atoms with van der Waals surface area (Å²) < 4.78 is 22.5. The highest BCUT2D eigenvalue weighted by atomic mass is 16.6. The second-order valence-corrected chi connectivity index (χ2v) is 5.25. The lowest BCUT2D eigenvalue weighted by Crippen LogP contribution is -2.07. The summed E-state index contributed by atoms with van der Waals surface area (Å²) in [5.41, 5.74) is 2.16. The summed E-state index contributed by atoms with van der Waals surface area (Å²) in [5.74, 6) is 1.33. The van der Waals surface area contributed by atoms with Crippen molar-refractivity contribution in [2.75, 3.05) is 20.3 Å². The molecule has 0 aliphatic carbocycles. The molecule has 0 saturated carbocycles. The number of hydrogen-bond donors (Lipinski definition) is 0. The molecule has 1 unspecified atom stereocenters. The second kappa shape index (κ2) is 6.83. The van der Waals surface area contributed by atoms with Crippen LogP contribution in [0.3, 0.4) is 0 Å². The van der Waals surface area contributed by atoms with Crippen LogP contribution in [-0.2, 0) is 4.74 Å².